The summed E-state index contributed by atoms with van der Waals surface area (Å²) in [6.45, 7) is 5.75. The maximum absolute atomic E-state index is 13.6. The molecule has 4 heterocycles. The van der Waals surface area contributed by atoms with E-state index in [1.54, 1.807) is 12.1 Å². The third-order valence-corrected chi connectivity index (χ3v) is 7.97. The Balaban J connectivity index is 1.39. The first-order valence-electron chi connectivity index (χ1n) is 11.8. The van der Waals surface area contributed by atoms with E-state index < -0.39 is 0 Å². The van der Waals surface area contributed by atoms with Crippen LogP contribution < -0.4 is 0 Å². The van der Waals surface area contributed by atoms with E-state index in [0.717, 1.165) is 37.4 Å². The fourth-order valence-electron chi connectivity index (χ4n) is 5.61. The van der Waals surface area contributed by atoms with Crippen molar-refractivity contribution in [2.75, 3.05) is 39.4 Å². The van der Waals surface area contributed by atoms with E-state index >= 15 is 0 Å². The maximum atomic E-state index is 13.6. The second-order valence-electron chi connectivity index (χ2n) is 9.37. The molecule has 0 aliphatic carbocycles. The van der Waals surface area contributed by atoms with Crippen LogP contribution in [0, 0.1) is 0 Å². The number of hydrogen-bond donors (Lipinski definition) is 0. The van der Waals surface area contributed by atoms with Crippen molar-refractivity contribution in [2.45, 2.75) is 43.9 Å². The third kappa shape index (κ3) is 4.93. The van der Waals surface area contributed by atoms with Gasteiger partial charge in [-0.1, -0.05) is 29.3 Å². The molecule has 1 aromatic carbocycles. The van der Waals surface area contributed by atoms with Crippen molar-refractivity contribution in [1.82, 2.24) is 24.5 Å². The van der Waals surface area contributed by atoms with Gasteiger partial charge >= 0.3 is 0 Å². The van der Waals surface area contributed by atoms with Crippen LogP contribution in [-0.2, 0) is 29.5 Å². The number of piperazine rings is 1. The Hall–Kier alpha value is -1.64. The Morgan fingerprint density at radius 1 is 1.06 bits per heavy atom. The number of carbonyl (C=O) groups excluding carboxylic acids is 1. The molecule has 1 amide bonds. The van der Waals surface area contributed by atoms with Crippen LogP contribution in [-0.4, -0.2) is 87.9 Å². The molecule has 178 valence electrons. The zero-order valence-electron chi connectivity index (χ0n) is 19.0. The number of aryl methyl sites for hydroxylation is 1. The summed E-state index contributed by atoms with van der Waals surface area (Å²) in [5, 5.41) is 5.58. The molecular formula is C24H31Cl2N5O2. The highest BCUT2D eigenvalue weighted by Gasteiger charge is 2.47. The molecule has 3 aliphatic heterocycles. The van der Waals surface area contributed by atoms with Gasteiger partial charge < -0.3 is 9.64 Å². The lowest BCUT2D eigenvalue weighted by atomic mass is 9.90. The van der Waals surface area contributed by atoms with Gasteiger partial charge in [-0.25, -0.2) is 0 Å². The molecule has 0 saturated carbocycles. The lowest BCUT2D eigenvalue weighted by molar-refractivity contribution is -0.153. The van der Waals surface area contributed by atoms with Crippen molar-refractivity contribution in [2.24, 2.45) is 7.05 Å². The molecule has 2 aromatic rings. The first kappa shape index (κ1) is 23.1. The molecule has 0 unspecified atom stereocenters. The van der Waals surface area contributed by atoms with E-state index in [2.05, 4.69) is 25.9 Å². The molecule has 9 heteroatoms. The van der Waals surface area contributed by atoms with Crippen molar-refractivity contribution in [3.8, 4) is 0 Å². The van der Waals surface area contributed by atoms with Gasteiger partial charge in [0.05, 0.1) is 53.5 Å². The van der Waals surface area contributed by atoms with Crippen molar-refractivity contribution in [3.63, 3.8) is 0 Å². The molecule has 0 radical (unpaired) electrons. The predicted octanol–water partition coefficient (Wildman–Crippen LogP) is 2.85. The van der Waals surface area contributed by atoms with Crippen molar-refractivity contribution >= 4 is 29.1 Å². The Morgan fingerprint density at radius 2 is 1.85 bits per heavy atom. The first-order valence-corrected chi connectivity index (χ1v) is 12.5. The Labute approximate surface area is 205 Å². The summed E-state index contributed by atoms with van der Waals surface area (Å²) in [6.07, 6.45) is 4.73. The second-order valence-corrected chi connectivity index (χ2v) is 10.2. The molecule has 33 heavy (non-hydrogen) atoms. The van der Waals surface area contributed by atoms with E-state index in [-0.39, 0.29) is 24.0 Å². The predicted molar refractivity (Wildman–Crippen MR) is 128 cm³/mol. The summed E-state index contributed by atoms with van der Waals surface area (Å²) >= 11 is 12.3. The van der Waals surface area contributed by atoms with Crippen LogP contribution in [0.5, 0.6) is 0 Å². The van der Waals surface area contributed by atoms with Gasteiger partial charge in [0, 0.05) is 32.9 Å². The molecule has 3 saturated heterocycles. The van der Waals surface area contributed by atoms with E-state index in [9.17, 15) is 4.79 Å². The standard InChI is InChI=1S/C24H31Cl2N5O2/c1-28-9-6-18(27-28)14-30-10-11-31(23(32)13-17-4-5-19(25)20(26)12-17)24-21(15-33-16-22(24)30)29-7-2-3-8-29/h4-6,9,12,21-22,24H,2-3,7-8,10-11,13-16H2,1H3/t21-,22+,24+/m1/s1. The highest BCUT2D eigenvalue weighted by Crippen LogP contribution is 2.31. The molecule has 3 fully saturated rings. The highest BCUT2D eigenvalue weighted by atomic mass is 35.5. The van der Waals surface area contributed by atoms with Gasteiger partial charge in [-0.2, -0.15) is 5.10 Å². The Bertz CT molecular complexity index is 993. The minimum Gasteiger partial charge on any atom is -0.378 e. The van der Waals surface area contributed by atoms with Crippen LogP contribution in [0.1, 0.15) is 24.1 Å². The minimum absolute atomic E-state index is 0.101. The number of likely N-dealkylation sites (tertiary alicyclic amines) is 1. The number of carbonyl (C=O) groups is 1. The fourth-order valence-corrected chi connectivity index (χ4v) is 5.94. The van der Waals surface area contributed by atoms with Crippen molar-refractivity contribution in [1.29, 1.82) is 0 Å². The highest BCUT2D eigenvalue weighted by molar-refractivity contribution is 6.42. The van der Waals surface area contributed by atoms with Crippen LogP contribution in [0.2, 0.25) is 10.0 Å². The van der Waals surface area contributed by atoms with Crippen LogP contribution in [0.15, 0.2) is 30.5 Å². The van der Waals surface area contributed by atoms with Gasteiger partial charge in [0.25, 0.3) is 0 Å². The zero-order valence-corrected chi connectivity index (χ0v) is 20.5. The van der Waals surface area contributed by atoms with Crippen LogP contribution in [0.4, 0.5) is 0 Å². The van der Waals surface area contributed by atoms with Crippen LogP contribution in [0.3, 0.4) is 0 Å². The number of aromatic nitrogens is 2. The quantitative estimate of drug-likeness (QED) is 0.643. The van der Waals surface area contributed by atoms with Gasteiger partial charge in [0.15, 0.2) is 0 Å². The lowest BCUT2D eigenvalue weighted by Crippen LogP contribution is -2.71. The Kier molecular flexibility index (Phi) is 6.95. The number of amides is 1. The molecule has 0 spiro atoms. The third-order valence-electron chi connectivity index (χ3n) is 7.23. The molecule has 1 aromatic heterocycles. The van der Waals surface area contributed by atoms with Gasteiger partial charge in [-0.05, 0) is 49.7 Å². The molecule has 3 aliphatic rings. The summed E-state index contributed by atoms with van der Waals surface area (Å²) in [5.41, 5.74) is 1.95. The molecule has 7 nitrogen and oxygen atoms in total. The van der Waals surface area contributed by atoms with Gasteiger partial charge in [-0.3, -0.25) is 19.3 Å². The summed E-state index contributed by atoms with van der Waals surface area (Å²) in [7, 11) is 1.94. The van der Waals surface area contributed by atoms with Gasteiger partial charge in [0.2, 0.25) is 5.91 Å². The number of hydrogen-bond acceptors (Lipinski definition) is 5. The zero-order chi connectivity index (χ0) is 22.9. The summed E-state index contributed by atoms with van der Waals surface area (Å²) in [5.74, 6) is 0.145. The number of nitrogens with zero attached hydrogens (tertiary/aromatic N) is 5. The Morgan fingerprint density at radius 3 is 2.58 bits per heavy atom. The molecule has 0 bridgehead atoms. The number of halogens is 2. The molecule has 5 rings (SSSR count). The van der Waals surface area contributed by atoms with Crippen molar-refractivity contribution < 1.29 is 9.53 Å². The smallest absolute Gasteiger partial charge is 0.227 e. The molecule has 3 atom stereocenters. The van der Waals surface area contributed by atoms with Crippen LogP contribution in [0.25, 0.3) is 0 Å². The summed E-state index contributed by atoms with van der Waals surface area (Å²) < 4.78 is 7.97. The van der Waals surface area contributed by atoms with Gasteiger partial charge in [-0.15, -0.1) is 0 Å². The minimum atomic E-state index is 0.101. The second kappa shape index (κ2) is 9.92. The average molecular weight is 492 g/mol. The van der Waals surface area contributed by atoms with Gasteiger partial charge in [0.1, 0.15) is 0 Å². The monoisotopic (exact) mass is 491 g/mol. The normalized spacial score (nSPS) is 26.5. The lowest BCUT2D eigenvalue weighted by Gasteiger charge is -2.54. The fraction of sp³-hybridized carbons (Fsp3) is 0.583. The van der Waals surface area contributed by atoms with Crippen molar-refractivity contribution in [3.05, 3.63) is 51.8 Å². The van der Waals surface area contributed by atoms with E-state index in [1.165, 1.54) is 12.8 Å². The number of benzene rings is 1. The van der Waals surface area contributed by atoms with E-state index in [4.69, 9.17) is 27.9 Å². The number of ether oxygens (including phenoxy) is 1. The maximum Gasteiger partial charge on any atom is 0.227 e. The molecule has 0 N–H and O–H groups in total. The number of fused-ring (bicyclic) bond motifs is 1. The number of rotatable bonds is 5. The topological polar surface area (TPSA) is 53.8 Å². The molecular weight excluding hydrogens is 461 g/mol. The van der Waals surface area contributed by atoms with Crippen LogP contribution >= 0.6 is 23.2 Å². The van der Waals surface area contributed by atoms with E-state index in [0.29, 0.717) is 36.2 Å². The summed E-state index contributed by atoms with van der Waals surface area (Å²) in [4.78, 5) is 20.7. The SMILES string of the molecule is Cn1ccc(CN2CCN(C(=O)Cc3ccc(Cl)c(Cl)c3)[C@H]3[C@H](N4CCCC4)COC[C@@H]32)n1. The average Bonchev–Trinajstić information content (AvgIpc) is 3.48. The van der Waals surface area contributed by atoms with E-state index in [1.807, 2.05) is 24.0 Å². The summed E-state index contributed by atoms with van der Waals surface area (Å²) in [6, 6.07) is 8.00. The largest absolute Gasteiger partial charge is 0.378 e. The first-order chi connectivity index (χ1) is 16.0.